The van der Waals surface area contributed by atoms with Crippen LogP contribution in [0, 0.1) is 0 Å². The molecule has 0 heterocycles. The van der Waals surface area contributed by atoms with Crippen LogP contribution >= 0.6 is 0 Å². The molecule has 2 N–H and O–H groups in total. The highest BCUT2D eigenvalue weighted by Gasteiger charge is 2.18. The molecule has 0 bridgehead atoms. The summed E-state index contributed by atoms with van der Waals surface area (Å²) in [6, 6.07) is 61.8. The molecule has 1 heteroatoms. The van der Waals surface area contributed by atoms with Gasteiger partial charge in [0.25, 0.3) is 0 Å². The van der Waals surface area contributed by atoms with Gasteiger partial charge in [-0.1, -0.05) is 159 Å². The van der Waals surface area contributed by atoms with E-state index in [-0.39, 0.29) is 0 Å². The van der Waals surface area contributed by atoms with Crippen LogP contribution in [0.25, 0.3) is 44.2 Å². The fourth-order valence-electron chi connectivity index (χ4n) is 6.67. The molecule has 1 atom stereocenters. The number of nitrogens with two attached hydrogens (primary N) is 1. The molecule has 46 heavy (non-hydrogen) atoms. The van der Waals surface area contributed by atoms with E-state index in [1.807, 2.05) is 0 Å². The largest absolute Gasteiger partial charge is 0.281 e. The maximum Gasteiger partial charge on any atom is 0.143 e. The molecule has 7 aromatic rings. The zero-order chi connectivity index (χ0) is 31.1. The average Bonchev–Trinajstić information content (AvgIpc) is 3.12. The van der Waals surface area contributed by atoms with E-state index in [9.17, 15) is 0 Å². The lowest BCUT2D eigenvalue weighted by atomic mass is 9.89. The van der Waals surface area contributed by atoms with Gasteiger partial charge in [0.1, 0.15) is 11.4 Å². The smallest absolute Gasteiger partial charge is 0.143 e. The molecule has 0 aromatic heterocycles. The molecule has 7 rings (SSSR count). The van der Waals surface area contributed by atoms with Crippen LogP contribution < -0.4 is 5.32 Å². The zero-order valence-corrected chi connectivity index (χ0v) is 26.4. The second-order valence-electron chi connectivity index (χ2n) is 12.3. The number of aryl methyl sites for hydroxylation is 1. The first-order valence-electron chi connectivity index (χ1n) is 16.5. The Morgan fingerprint density at radius 2 is 1.09 bits per heavy atom. The van der Waals surface area contributed by atoms with Crippen LogP contribution in [-0.4, -0.2) is 0 Å². The molecule has 0 radical (unpaired) electrons. The van der Waals surface area contributed by atoms with E-state index in [2.05, 4.69) is 182 Å². The normalized spacial score (nSPS) is 11.8. The van der Waals surface area contributed by atoms with Gasteiger partial charge in [0.05, 0.1) is 5.56 Å². The lowest BCUT2D eigenvalue weighted by molar-refractivity contribution is -0.477. The maximum absolute atomic E-state index is 2.34. The van der Waals surface area contributed by atoms with Gasteiger partial charge in [-0.3, -0.25) is 5.32 Å². The molecule has 1 nitrogen and oxygen atoms in total. The summed E-state index contributed by atoms with van der Waals surface area (Å²) in [5.74, 6) is 0.594. The highest BCUT2D eigenvalue weighted by Crippen LogP contribution is 2.40. The van der Waals surface area contributed by atoms with Crippen LogP contribution in [0.15, 0.2) is 170 Å². The van der Waals surface area contributed by atoms with Gasteiger partial charge in [-0.25, -0.2) is 0 Å². The first-order chi connectivity index (χ1) is 22.7. The second kappa shape index (κ2) is 13.8. The lowest BCUT2D eigenvalue weighted by Crippen LogP contribution is -2.71. The quantitative estimate of drug-likeness (QED) is 0.152. The third-order valence-corrected chi connectivity index (χ3v) is 9.23. The lowest BCUT2D eigenvalue weighted by Gasteiger charge is -2.16. The molecule has 224 valence electrons. The van der Waals surface area contributed by atoms with Gasteiger partial charge in [0, 0.05) is 6.07 Å². The van der Waals surface area contributed by atoms with E-state index >= 15 is 0 Å². The molecule has 0 unspecified atom stereocenters. The molecular weight excluding hydrogens is 555 g/mol. The Balaban J connectivity index is 1.15. The van der Waals surface area contributed by atoms with Crippen molar-refractivity contribution in [1.29, 1.82) is 0 Å². The SMILES string of the molecule is C[C@@H](CCCc1ccc(-c2ccc(-c3cccc([NH2+]c4ccccc4)c3-c3cccc4ccccc34)cc2)cc1)c1ccccc1. The molecule has 0 aliphatic carbocycles. The molecule has 0 spiro atoms. The fraction of sp³-hybridized carbons (Fsp3) is 0.111. The third-order valence-electron chi connectivity index (χ3n) is 9.23. The first kappa shape index (κ1) is 29.5. The molecule has 0 aliphatic heterocycles. The van der Waals surface area contributed by atoms with Crippen molar-refractivity contribution in [2.75, 3.05) is 0 Å². The maximum atomic E-state index is 2.34. The monoisotopic (exact) mass is 594 g/mol. The average molecular weight is 595 g/mol. The molecule has 0 saturated heterocycles. The Bertz CT molecular complexity index is 2020. The van der Waals surface area contributed by atoms with Crippen molar-refractivity contribution in [3.8, 4) is 33.4 Å². The number of hydrogen-bond donors (Lipinski definition) is 1. The van der Waals surface area contributed by atoms with E-state index in [0.717, 1.165) is 6.42 Å². The summed E-state index contributed by atoms with van der Waals surface area (Å²) < 4.78 is 0. The molecule has 0 fully saturated rings. The predicted octanol–water partition coefficient (Wildman–Crippen LogP) is 11.5. The third kappa shape index (κ3) is 6.56. The Hall–Kier alpha value is -5.24. The first-order valence-corrected chi connectivity index (χ1v) is 16.5. The number of hydrogen-bond acceptors (Lipinski definition) is 0. The van der Waals surface area contributed by atoms with Crippen molar-refractivity contribution >= 4 is 22.1 Å². The summed E-state index contributed by atoms with van der Waals surface area (Å²) in [5.41, 5.74) is 12.8. The minimum Gasteiger partial charge on any atom is -0.281 e. The van der Waals surface area contributed by atoms with Gasteiger partial charge in [-0.15, -0.1) is 0 Å². The van der Waals surface area contributed by atoms with Crippen molar-refractivity contribution in [3.05, 3.63) is 181 Å². The van der Waals surface area contributed by atoms with Gasteiger partial charge >= 0.3 is 0 Å². The Kier molecular flexibility index (Phi) is 8.85. The van der Waals surface area contributed by atoms with Gasteiger partial charge in [-0.2, -0.15) is 0 Å². The van der Waals surface area contributed by atoms with Crippen molar-refractivity contribution in [2.45, 2.75) is 32.1 Å². The van der Waals surface area contributed by atoms with Crippen molar-refractivity contribution < 1.29 is 5.32 Å². The minimum absolute atomic E-state index is 0.594. The summed E-state index contributed by atoms with van der Waals surface area (Å²) >= 11 is 0. The highest BCUT2D eigenvalue weighted by atomic mass is 14.9. The number of quaternary nitrogens is 1. The van der Waals surface area contributed by atoms with E-state index in [1.54, 1.807) is 0 Å². The van der Waals surface area contributed by atoms with Crippen LogP contribution in [0.1, 0.15) is 36.8 Å². The Morgan fingerprint density at radius 1 is 0.500 bits per heavy atom. The van der Waals surface area contributed by atoms with Crippen molar-refractivity contribution in [1.82, 2.24) is 0 Å². The Labute approximate surface area is 273 Å². The van der Waals surface area contributed by atoms with Gasteiger partial charge in [0.15, 0.2) is 0 Å². The number of benzene rings is 7. The van der Waals surface area contributed by atoms with Gasteiger partial charge in [-0.05, 0) is 87.0 Å². The predicted molar refractivity (Wildman–Crippen MR) is 196 cm³/mol. The van der Waals surface area contributed by atoms with Crippen LogP contribution in [0.2, 0.25) is 0 Å². The summed E-state index contributed by atoms with van der Waals surface area (Å²) in [4.78, 5) is 0. The van der Waals surface area contributed by atoms with Crippen molar-refractivity contribution in [3.63, 3.8) is 0 Å². The van der Waals surface area contributed by atoms with E-state index in [4.69, 9.17) is 0 Å². The standard InChI is InChI=1S/C45H39N/c1-33(35-15-4-2-5-16-35)13-10-14-34-25-27-36(28-26-34)37-29-31-39(32-30-37)42-22-12-24-44(46-40-19-6-3-7-20-40)45(42)43-23-11-18-38-17-8-9-21-41(38)43/h2-9,11-12,15-33,46H,10,13-14H2,1H3/p+1/t33-/m0/s1. The van der Waals surface area contributed by atoms with Crippen molar-refractivity contribution in [2.24, 2.45) is 0 Å². The van der Waals surface area contributed by atoms with Gasteiger partial charge in [0.2, 0.25) is 0 Å². The molecule has 0 amide bonds. The summed E-state index contributed by atoms with van der Waals surface area (Å²) in [6.45, 7) is 2.34. The highest BCUT2D eigenvalue weighted by molar-refractivity contribution is 6.03. The topological polar surface area (TPSA) is 16.6 Å². The molecule has 7 aromatic carbocycles. The number of para-hydroxylation sites is 1. The van der Waals surface area contributed by atoms with E-state index < -0.39 is 0 Å². The molecule has 0 aliphatic rings. The molecule has 0 saturated carbocycles. The van der Waals surface area contributed by atoms with Crippen LogP contribution in [0.5, 0.6) is 0 Å². The van der Waals surface area contributed by atoms with Crippen LogP contribution in [-0.2, 0) is 6.42 Å². The minimum atomic E-state index is 0.594. The van der Waals surface area contributed by atoms with Gasteiger partial charge < -0.3 is 0 Å². The summed E-state index contributed by atoms with van der Waals surface area (Å²) in [5, 5.41) is 4.83. The fourth-order valence-corrected chi connectivity index (χ4v) is 6.67. The second-order valence-corrected chi connectivity index (χ2v) is 12.3. The van der Waals surface area contributed by atoms with E-state index in [1.165, 1.54) is 79.5 Å². The summed E-state index contributed by atoms with van der Waals surface area (Å²) in [7, 11) is 0. The zero-order valence-electron chi connectivity index (χ0n) is 26.4. The van der Waals surface area contributed by atoms with Crippen LogP contribution in [0.3, 0.4) is 0 Å². The molecular formula is C45H40N+. The summed E-state index contributed by atoms with van der Waals surface area (Å²) in [6.07, 6.45) is 3.52. The Morgan fingerprint density at radius 3 is 1.85 bits per heavy atom. The van der Waals surface area contributed by atoms with E-state index in [0.29, 0.717) is 5.92 Å². The number of rotatable bonds is 10. The van der Waals surface area contributed by atoms with Crippen LogP contribution in [0.4, 0.5) is 11.4 Å². The number of fused-ring (bicyclic) bond motifs is 1.